The van der Waals surface area contributed by atoms with Gasteiger partial charge in [0, 0.05) is 0 Å². The molecule has 0 aliphatic heterocycles. The van der Waals surface area contributed by atoms with E-state index in [2.05, 4.69) is 4.99 Å². The lowest BCUT2D eigenvalue weighted by molar-refractivity contribution is 0.421. The van der Waals surface area contributed by atoms with E-state index in [9.17, 15) is 9.18 Å². The maximum atomic E-state index is 11.6. The zero-order chi connectivity index (χ0) is 6.41. The molecular formula is C5H8FNO. The smallest absolute Gasteiger partial charge is 0.235 e. The van der Waals surface area contributed by atoms with Crippen LogP contribution in [0.3, 0.4) is 0 Å². The Morgan fingerprint density at radius 2 is 2.50 bits per heavy atom. The first kappa shape index (κ1) is 7.31. The third-order valence-corrected chi connectivity index (χ3v) is 0.885. The van der Waals surface area contributed by atoms with Crippen LogP contribution in [0.5, 0.6) is 0 Å². The molecule has 46 valence electrons. The summed E-state index contributed by atoms with van der Waals surface area (Å²) in [6, 6.07) is -0.465. The van der Waals surface area contributed by atoms with Gasteiger partial charge in [0.1, 0.15) is 6.67 Å². The maximum Gasteiger partial charge on any atom is 0.235 e. The fraction of sp³-hybridized carbons (Fsp3) is 0.800. The monoisotopic (exact) mass is 117 g/mol. The molecule has 0 heterocycles. The predicted molar refractivity (Wildman–Crippen MR) is 28.2 cm³/mol. The van der Waals surface area contributed by atoms with Gasteiger partial charge in [0.15, 0.2) is 0 Å². The van der Waals surface area contributed by atoms with E-state index in [1.54, 1.807) is 6.92 Å². The van der Waals surface area contributed by atoms with Crippen molar-refractivity contribution in [3.8, 4) is 0 Å². The summed E-state index contributed by atoms with van der Waals surface area (Å²) < 4.78 is 11.6. The highest BCUT2D eigenvalue weighted by Crippen LogP contribution is 1.94. The van der Waals surface area contributed by atoms with Crippen molar-refractivity contribution in [2.75, 3.05) is 6.67 Å². The number of hydrogen-bond acceptors (Lipinski definition) is 2. The molecule has 0 aromatic heterocycles. The van der Waals surface area contributed by atoms with Crippen molar-refractivity contribution in [3.05, 3.63) is 0 Å². The number of aliphatic imine (C=N–C) groups is 1. The van der Waals surface area contributed by atoms with Gasteiger partial charge in [0.2, 0.25) is 6.08 Å². The molecule has 1 unspecified atom stereocenters. The molecule has 0 saturated carbocycles. The minimum absolute atomic E-state index is 0.465. The van der Waals surface area contributed by atoms with E-state index in [0.717, 1.165) is 0 Å². The van der Waals surface area contributed by atoms with Gasteiger partial charge in [-0.2, -0.15) is 4.99 Å². The Labute approximate surface area is 47.4 Å². The fourth-order valence-corrected chi connectivity index (χ4v) is 0.309. The molecule has 0 spiro atoms. The van der Waals surface area contributed by atoms with Gasteiger partial charge in [-0.15, -0.1) is 0 Å². The molecule has 0 aromatic carbocycles. The van der Waals surface area contributed by atoms with Gasteiger partial charge >= 0.3 is 0 Å². The van der Waals surface area contributed by atoms with Crippen LogP contribution in [0.2, 0.25) is 0 Å². The van der Waals surface area contributed by atoms with Crippen LogP contribution in [0, 0.1) is 0 Å². The number of nitrogens with zero attached hydrogens (tertiary/aromatic N) is 1. The molecular weight excluding hydrogens is 109 g/mol. The number of carbonyl (C=O) groups excluding carboxylic acids is 1. The Morgan fingerprint density at radius 1 is 1.88 bits per heavy atom. The van der Waals surface area contributed by atoms with Crippen molar-refractivity contribution in [1.82, 2.24) is 0 Å². The SMILES string of the molecule is CCC(CF)N=C=O. The van der Waals surface area contributed by atoms with Crippen LogP contribution in [-0.2, 0) is 4.79 Å². The summed E-state index contributed by atoms with van der Waals surface area (Å²) in [5.41, 5.74) is 0. The van der Waals surface area contributed by atoms with Gasteiger partial charge in [-0.3, -0.25) is 0 Å². The Morgan fingerprint density at radius 3 is 2.62 bits per heavy atom. The number of rotatable bonds is 3. The Kier molecular flexibility index (Phi) is 4.08. The largest absolute Gasteiger partial charge is 0.249 e. The normalized spacial score (nSPS) is 12.2. The second-order valence-corrected chi connectivity index (χ2v) is 1.44. The number of alkyl halides is 1. The predicted octanol–water partition coefficient (Wildman–Crippen LogP) is 1.07. The number of isocyanates is 1. The molecule has 8 heavy (non-hydrogen) atoms. The van der Waals surface area contributed by atoms with Crippen LogP contribution in [0.4, 0.5) is 4.39 Å². The summed E-state index contributed by atoms with van der Waals surface area (Å²) >= 11 is 0. The highest BCUT2D eigenvalue weighted by atomic mass is 19.1. The van der Waals surface area contributed by atoms with E-state index >= 15 is 0 Å². The highest BCUT2D eigenvalue weighted by molar-refractivity contribution is 5.33. The number of halogens is 1. The summed E-state index contributed by atoms with van der Waals surface area (Å²) in [6.07, 6.45) is 1.87. The zero-order valence-corrected chi connectivity index (χ0v) is 4.72. The molecule has 0 N–H and O–H groups in total. The molecule has 0 aromatic rings. The molecule has 0 bridgehead atoms. The van der Waals surface area contributed by atoms with Crippen molar-refractivity contribution in [2.45, 2.75) is 19.4 Å². The first-order valence-electron chi connectivity index (χ1n) is 2.48. The van der Waals surface area contributed by atoms with Crippen LogP contribution >= 0.6 is 0 Å². The summed E-state index contributed by atoms with van der Waals surface area (Å²) in [5, 5.41) is 0. The maximum absolute atomic E-state index is 11.6. The minimum Gasteiger partial charge on any atom is -0.249 e. The van der Waals surface area contributed by atoms with E-state index in [-0.39, 0.29) is 0 Å². The quantitative estimate of drug-likeness (QED) is 0.401. The van der Waals surface area contributed by atoms with Crippen LogP contribution < -0.4 is 0 Å². The molecule has 2 nitrogen and oxygen atoms in total. The minimum atomic E-state index is -0.564. The fourth-order valence-electron chi connectivity index (χ4n) is 0.309. The van der Waals surface area contributed by atoms with Crippen LogP contribution in [0.25, 0.3) is 0 Å². The molecule has 0 radical (unpaired) electrons. The lowest BCUT2D eigenvalue weighted by atomic mass is 10.3. The molecule has 1 atom stereocenters. The van der Waals surface area contributed by atoms with E-state index in [4.69, 9.17) is 0 Å². The average molecular weight is 117 g/mol. The molecule has 0 saturated heterocycles. The number of hydrogen-bond donors (Lipinski definition) is 0. The summed E-state index contributed by atoms with van der Waals surface area (Å²) in [5.74, 6) is 0. The van der Waals surface area contributed by atoms with Crippen molar-refractivity contribution in [2.24, 2.45) is 4.99 Å². The van der Waals surface area contributed by atoms with Crippen molar-refractivity contribution >= 4 is 6.08 Å². The van der Waals surface area contributed by atoms with Gasteiger partial charge in [-0.05, 0) is 6.42 Å². The highest BCUT2D eigenvalue weighted by Gasteiger charge is 1.99. The van der Waals surface area contributed by atoms with Gasteiger partial charge < -0.3 is 0 Å². The molecule has 0 rings (SSSR count). The molecule has 0 amide bonds. The van der Waals surface area contributed by atoms with Crippen molar-refractivity contribution < 1.29 is 9.18 Å². The third-order valence-electron chi connectivity index (χ3n) is 0.885. The molecule has 0 aliphatic rings. The second-order valence-electron chi connectivity index (χ2n) is 1.44. The molecule has 0 fully saturated rings. The standard InChI is InChI=1S/C5H8FNO/c1-2-5(3-6)7-4-8/h5H,2-3H2,1H3. The van der Waals surface area contributed by atoms with E-state index in [0.29, 0.717) is 6.42 Å². The second kappa shape index (κ2) is 4.47. The Bertz CT molecular complexity index is 94.6. The van der Waals surface area contributed by atoms with Crippen LogP contribution in [-0.4, -0.2) is 18.8 Å². The summed E-state index contributed by atoms with van der Waals surface area (Å²) in [4.78, 5) is 12.7. The summed E-state index contributed by atoms with van der Waals surface area (Å²) in [7, 11) is 0. The van der Waals surface area contributed by atoms with Crippen molar-refractivity contribution in [3.63, 3.8) is 0 Å². The third kappa shape index (κ3) is 2.48. The zero-order valence-electron chi connectivity index (χ0n) is 4.72. The molecule has 3 heteroatoms. The van der Waals surface area contributed by atoms with Crippen LogP contribution in [0.1, 0.15) is 13.3 Å². The topological polar surface area (TPSA) is 29.4 Å². The van der Waals surface area contributed by atoms with Crippen molar-refractivity contribution in [1.29, 1.82) is 0 Å². The van der Waals surface area contributed by atoms with Gasteiger partial charge in [0.05, 0.1) is 6.04 Å². The van der Waals surface area contributed by atoms with Gasteiger partial charge in [-0.1, -0.05) is 6.92 Å². The molecule has 0 aliphatic carbocycles. The summed E-state index contributed by atoms with van der Waals surface area (Å²) in [6.45, 7) is 1.21. The first-order valence-corrected chi connectivity index (χ1v) is 2.48. The van der Waals surface area contributed by atoms with Gasteiger partial charge in [0.25, 0.3) is 0 Å². The average Bonchev–Trinajstić information content (AvgIpc) is 1.83. The van der Waals surface area contributed by atoms with E-state index in [1.165, 1.54) is 6.08 Å². The van der Waals surface area contributed by atoms with Gasteiger partial charge in [-0.25, -0.2) is 9.18 Å². The van der Waals surface area contributed by atoms with Crippen LogP contribution in [0.15, 0.2) is 4.99 Å². The lowest BCUT2D eigenvalue weighted by Crippen LogP contribution is -2.03. The van der Waals surface area contributed by atoms with E-state index < -0.39 is 12.7 Å². The lowest BCUT2D eigenvalue weighted by Gasteiger charge is -1.96. The Balaban J connectivity index is 3.52. The van der Waals surface area contributed by atoms with E-state index in [1.807, 2.05) is 0 Å². The Hall–Kier alpha value is -0.690. The first-order chi connectivity index (χ1) is 3.85.